The maximum absolute atomic E-state index is 13.8. The van der Waals surface area contributed by atoms with Gasteiger partial charge < -0.3 is 9.47 Å². The van der Waals surface area contributed by atoms with E-state index in [1.165, 1.54) is 56.7 Å². The number of methoxy groups -OCH3 is 2. The molecule has 0 aliphatic carbocycles. The molecule has 3 rings (SSSR count). The number of ether oxygens (including phenoxy) is 2. The van der Waals surface area contributed by atoms with E-state index < -0.39 is 27.4 Å². The molecule has 0 atom stereocenters. The first-order chi connectivity index (χ1) is 18.0. The molecular formula is C26H28N4O7S. The molecular weight excluding hydrogens is 512 g/mol. The molecule has 3 aromatic rings. The summed E-state index contributed by atoms with van der Waals surface area (Å²) in [5, 5.41) is 14.9. The average Bonchev–Trinajstić information content (AvgIpc) is 2.89. The smallest absolute Gasteiger partial charge is 0.269 e. The topological polar surface area (TPSA) is 140 Å². The monoisotopic (exact) mass is 540 g/mol. The van der Waals surface area contributed by atoms with Crippen LogP contribution in [0.2, 0.25) is 0 Å². The Labute approximate surface area is 220 Å². The fourth-order valence-electron chi connectivity index (χ4n) is 3.71. The van der Waals surface area contributed by atoms with Gasteiger partial charge >= 0.3 is 0 Å². The largest absolute Gasteiger partial charge is 0.493 e. The normalized spacial score (nSPS) is 11.6. The lowest BCUT2D eigenvalue weighted by Crippen LogP contribution is -2.39. The van der Waals surface area contributed by atoms with Gasteiger partial charge in [0.15, 0.2) is 11.5 Å². The summed E-state index contributed by atoms with van der Waals surface area (Å²) >= 11 is 0. The van der Waals surface area contributed by atoms with Crippen molar-refractivity contribution in [2.24, 2.45) is 5.10 Å². The first-order valence-electron chi connectivity index (χ1n) is 11.4. The summed E-state index contributed by atoms with van der Waals surface area (Å²) in [7, 11) is -1.38. The van der Waals surface area contributed by atoms with Crippen molar-refractivity contribution in [2.45, 2.75) is 25.7 Å². The molecule has 0 spiro atoms. The second-order valence-electron chi connectivity index (χ2n) is 8.41. The van der Waals surface area contributed by atoms with E-state index in [0.29, 0.717) is 22.7 Å². The van der Waals surface area contributed by atoms with E-state index in [1.54, 1.807) is 19.1 Å². The fourth-order valence-corrected chi connectivity index (χ4v) is 5.14. The Morgan fingerprint density at radius 1 is 0.974 bits per heavy atom. The summed E-state index contributed by atoms with van der Waals surface area (Å²) < 4.78 is 39.0. The number of anilines is 1. The number of carbonyl (C=O) groups excluding carboxylic acids is 1. The molecule has 3 aromatic carbocycles. The van der Waals surface area contributed by atoms with E-state index in [2.05, 4.69) is 10.5 Å². The van der Waals surface area contributed by atoms with Gasteiger partial charge in [0.05, 0.1) is 35.4 Å². The van der Waals surface area contributed by atoms with Crippen LogP contribution in [0.4, 0.5) is 11.4 Å². The predicted molar refractivity (Wildman–Crippen MR) is 143 cm³/mol. The lowest BCUT2D eigenvalue weighted by atomic mass is 10.1. The van der Waals surface area contributed by atoms with E-state index in [9.17, 15) is 23.3 Å². The quantitative estimate of drug-likeness (QED) is 0.233. The van der Waals surface area contributed by atoms with Gasteiger partial charge in [-0.25, -0.2) is 13.8 Å². The van der Waals surface area contributed by atoms with E-state index in [0.717, 1.165) is 15.4 Å². The number of nitro benzene ring substituents is 1. The summed E-state index contributed by atoms with van der Waals surface area (Å²) in [6.07, 6.45) is 0. The number of rotatable bonds is 10. The standard InChI is InChI=1S/C26H28N4O7S/c1-17-12-18(2)14-22(13-17)29(38(34,35)23-10-11-24(36-4)25(15-23)37-5)16-26(31)28-27-19(3)20-6-8-21(9-7-20)30(32)33/h6-15H,16H2,1-5H3,(H,28,31). The van der Waals surface area contributed by atoms with Crippen LogP contribution in [-0.4, -0.2) is 45.7 Å². The van der Waals surface area contributed by atoms with Crippen LogP contribution in [-0.2, 0) is 14.8 Å². The number of hydrogen-bond acceptors (Lipinski definition) is 8. The minimum atomic E-state index is -4.22. The summed E-state index contributed by atoms with van der Waals surface area (Å²) in [6.45, 7) is 4.71. The lowest BCUT2D eigenvalue weighted by Gasteiger charge is -2.25. The van der Waals surface area contributed by atoms with Crippen LogP contribution >= 0.6 is 0 Å². The molecule has 38 heavy (non-hydrogen) atoms. The summed E-state index contributed by atoms with van der Waals surface area (Å²) in [6, 6.07) is 15.1. The number of nitro groups is 1. The molecule has 0 saturated carbocycles. The Balaban J connectivity index is 1.93. The minimum Gasteiger partial charge on any atom is -0.493 e. The third-order valence-electron chi connectivity index (χ3n) is 5.57. The molecule has 0 radical (unpaired) electrons. The van der Waals surface area contributed by atoms with Crippen molar-refractivity contribution in [1.29, 1.82) is 0 Å². The number of benzene rings is 3. The number of hydrazone groups is 1. The number of carbonyl (C=O) groups is 1. The predicted octanol–water partition coefficient (Wildman–Crippen LogP) is 3.96. The van der Waals surface area contributed by atoms with E-state index >= 15 is 0 Å². The number of non-ortho nitro benzene ring substituents is 1. The number of hydrogen-bond donors (Lipinski definition) is 1. The highest BCUT2D eigenvalue weighted by Crippen LogP contribution is 2.32. The Bertz CT molecular complexity index is 1470. The van der Waals surface area contributed by atoms with Crippen molar-refractivity contribution < 1.29 is 27.6 Å². The third-order valence-corrected chi connectivity index (χ3v) is 7.34. The second-order valence-corrected chi connectivity index (χ2v) is 10.3. The molecule has 0 fully saturated rings. The number of amides is 1. The number of nitrogens with zero attached hydrogens (tertiary/aromatic N) is 3. The Kier molecular flexibility index (Phi) is 8.68. The van der Waals surface area contributed by atoms with E-state index in [4.69, 9.17) is 9.47 Å². The van der Waals surface area contributed by atoms with E-state index in [-0.39, 0.29) is 16.3 Å². The Morgan fingerprint density at radius 3 is 2.13 bits per heavy atom. The molecule has 0 aliphatic rings. The zero-order chi connectivity index (χ0) is 28.0. The van der Waals surface area contributed by atoms with Crippen LogP contribution in [0.1, 0.15) is 23.6 Å². The Morgan fingerprint density at radius 2 is 1.58 bits per heavy atom. The zero-order valence-electron chi connectivity index (χ0n) is 21.6. The lowest BCUT2D eigenvalue weighted by molar-refractivity contribution is -0.384. The fraction of sp³-hybridized carbons (Fsp3) is 0.231. The number of nitrogens with one attached hydrogen (secondary N) is 1. The van der Waals surface area contributed by atoms with Gasteiger partial charge in [0.2, 0.25) is 0 Å². The van der Waals surface area contributed by atoms with Gasteiger partial charge in [0.1, 0.15) is 6.54 Å². The number of sulfonamides is 1. The number of aryl methyl sites for hydroxylation is 2. The van der Waals surface area contributed by atoms with Gasteiger partial charge in [0, 0.05) is 18.2 Å². The summed E-state index contributed by atoms with van der Waals surface area (Å²) in [5.74, 6) is -0.102. The van der Waals surface area contributed by atoms with Gasteiger partial charge in [-0.15, -0.1) is 0 Å². The van der Waals surface area contributed by atoms with E-state index in [1.807, 2.05) is 19.9 Å². The highest BCUT2D eigenvalue weighted by molar-refractivity contribution is 7.92. The van der Waals surface area contributed by atoms with Crippen LogP contribution in [0.3, 0.4) is 0 Å². The van der Waals surface area contributed by atoms with Crippen molar-refractivity contribution in [2.75, 3.05) is 25.1 Å². The molecule has 0 unspecified atom stereocenters. The van der Waals surface area contributed by atoms with Gasteiger partial charge in [-0.1, -0.05) is 6.07 Å². The molecule has 11 nitrogen and oxygen atoms in total. The van der Waals surface area contributed by atoms with Crippen molar-refractivity contribution in [3.63, 3.8) is 0 Å². The van der Waals surface area contributed by atoms with Gasteiger partial charge in [-0.3, -0.25) is 19.2 Å². The zero-order valence-corrected chi connectivity index (χ0v) is 22.4. The average molecular weight is 541 g/mol. The van der Waals surface area contributed by atoms with Gasteiger partial charge in [0.25, 0.3) is 21.6 Å². The van der Waals surface area contributed by atoms with Crippen LogP contribution < -0.4 is 19.2 Å². The molecule has 200 valence electrons. The first-order valence-corrected chi connectivity index (χ1v) is 12.8. The molecule has 1 N–H and O–H groups in total. The maximum atomic E-state index is 13.8. The minimum absolute atomic E-state index is 0.0740. The molecule has 0 aromatic heterocycles. The first kappa shape index (κ1) is 28.1. The molecule has 1 amide bonds. The molecule has 0 saturated heterocycles. The van der Waals surface area contributed by atoms with Gasteiger partial charge in [-0.2, -0.15) is 5.10 Å². The summed E-state index contributed by atoms with van der Waals surface area (Å²) in [5.41, 5.74) is 5.19. The molecule has 0 aliphatic heterocycles. The SMILES string of the molecule is COc1ccc(S(=O)(=O)N(CC(=O)NN=C(C)c2ccc([N+](=O)[O-])cc2)c2cc(C)cc(C)c2)cc1OC. The van der Waals surface area contributed by atoms with Crippen LogP contribution in [0.5, 0.6) is 11.5 Å². The molecule has 12 heteroatoms. The highest BCUT2D eigenvalue weighted by Gasteiger charge is 2.29. The summed E-state index contributed by atoms with van der Waals surface area (Å²) in [4.78, 5) is 23.2. The molecule has 0 heterocycles. The van der Waals surface area contributed by atoms with Crippen molar-refractivity contribution >= 4 is 33.0 Å². The van der Waals surface area contributed by atoms with Crippen LogP contribution in [0, 0.1) is 24.0 Å². The van der Waals surface area contributed by atoms with Crippen LogP contribution in [0.25, 0.3) is 0 Å². The second kappa shape index (κ2) is 11.7. The third kappa shape index (κ3) is 6.45. The van der Waals surface area contributed by atoms with Gasteiger partial charge in [-0.05, 0) is 73.9 Å². The Hall–Kier alpha value is -4.45. The molecule has 0 bridgehead atoms. The maximum Gasteiger partial charge on any atom is 0.269 e. The van der Waals surface area contributed by atoms with Crippen LogP contribution in [0.15, 0.2) is 70.7 Å². The highest BCUT2D eigenvalue weighted by atomic mass is 32.2. The van der Waals surface area contributed by atoms with Crippen molar-refractivity contribution in [1.82, 2.24) is 5.43 Å². The van der Waals surface area contributed by atoms with Crippen molar-refractivity contribution in [3.05, 3.63) is 87.5 Å². The van der Waals surface area contributed by atoms with Crippen molar-refractivity contribution in [3.8, 4) is 11.5 Å².